The zero-order chi connectivity index (χ0) is 15.7. The third-order valence-electron chi connectivity index (χ3n) is 4.15. The first-order valence-corrected chi connectivity index (χ1v) is 8.63. The second-order valence-electron chi connectivity index (χ2n) is 5.48. The van der Waals surface area contributed by atoms with Crippen molar-refractivity contribution >= 4 is 35.3 Å². The first-order chi connectivity index (χ1) is 10.6. The summed E-state index contributed by atoms with van der Waals surface area (Å²) < 4.78 is 5.11. The van der Waals surface area contributed by atoms with Crippen LogP contribution < -0.4 is 10.1 Å². The summed E-state index contributed by atoms with van der Waals surface area (Å²) >= 11 is 7.92. The van der Waals surface area contributed by atoms with Crippen LogP contribution in [0.3, 0.4) is 0 Å². The first kappa shape index (κ1) is 15.5. The summed E-state index contributed by atoms with van der Waals surface area (Å²) in [4.78, 5) is 26.2. The normalized spacial score (nSPS) is 20.4. The molecule has 5 nitrogen and oxygen atoms in total. The van der Waals surface area contributed by atoms with E-state index in [0.29, 0.717) is 23.6 Å². The predicted octanol–water partition coefficient (Wildman–Crippen LogP) is 2.67. The number of benzene rings is 1. The van der Waals surface area contributed by atoms with Crippen LogP contribution in [0, 0.1) is 0 Å². The highest BCUT2D eigenvalue weighted by Crippen LogP contribution is 2.33. The van der Waals surface area contributed by atoms with E-state index in [9.17, 15) is 9.59 Å². The van der Waals surface area contributed by atoms with E-state index in [1.807, 2.05) is 17.8 Å². The molecule has 3 rings (SSSR count). The summed E-state index contributed by atoms with van der Waals surface area (Å²) in [5.41, 5.74) is 0.107. The van der Waals surface area contributed by atoms with E-state index in [2.05, 4.69) is 5.32 Å². The molecule has 0 saturated carbocycles. The van der Waals surface area contributed by atoms with E-state index >= 15 is 0 Å². The number of urea groups is 1. The van der Waals surface area contributed by atoms with E-state index in [4.69, 9.17) is 16.3 Å². The van der Waals surface area contributed by atoms with Crippen molar-refractivity contribution in [3.05, 3.63) is 28.8 Å². The molecule has 0 unspecified atom stereocenters. The van der Waals surface area contributed by atoms with Gasteiger partial charge in [0.25, 0.3) is 5.91 Å². The Balaban J connectivity index is 1.79. The summed E-state index contributed by atoms with van der Waals surface area (Å²) in [6, 6.07) is 4.96. The third-order valence-corrected chi connectivity index (χ3v) is 5.43. The maximum absolute atomic E-state index is 12.7. The number of methoxy groups -OCH3 is 1. The van der Waals surface area contributed by atoms with Crippen molar-refractivity contribution in [2.75, 3.05) is 18.6 Å². The van der Waals surface area contributed by atoms with Gasteiger partial charge in [0, 0.05) is 0 Å². The van der Waals surface area contributed by atoms with Crippen molar-refractivity contribution < 1.29 is 14.3 Å². The largest absolute Gasteiger partial charge is 0.495 e. The Bertz CT molecular complexity index is 617. The van der Waals surface area contributed by atoms with Crippen LogP contribution in [0.5, 0.6) is 5.75 Å². The average molecular weight is 341 g/mol. The first-order valence-electron chi connectivity index (χ1n) is 7.10. The standard InChI is InChI=1S/C15H17ClN2O3S/c1-21-12-3-2-10(8-11(12)16)9-18-13(19)15(17-14(18)20)4-6-22-7-5-15/h2-3,8H,4-7,9H2,1H3,(H,17,20). The van der Waals surface area contributed by atoms with Gasteiger partial charge in [-0.05, 0) is 42.0 Å². The molecule has 2 aliphatic heterocycles. The third kappa shape index (κ3) is 2.65. The summed E-state index contributed by atoms with van der Waals surface area (Å²) in [6.07, 6.45) is 1.39. The minimum absolute atomic E-state index is 0.121. The van der Waals surface area contributed by atoms with Crippen LogP contribution in [0.25, 0.3) is 0 Å². The number of hydrogen-bond acceptors (Lipinski definition) is 4. The molecule has 2 fully saturated rings. The number of hydrogen-bond donors (Lipinski definition) is 1. The Kier molecular flexibility index (Phi) is 4.23. The number of carbonyl (C=O) groups excluding carboxylic acids is 2. The molecule has 1 aromatic rings. The van der Waals surface area contributed by atoms with Gasteiger partial charge in [0.2, 0.25) is 0 Å². The van der Waals surface area contributed by atoms with Gasteiger partial charge in [0.1, 0.15) is 11.3 Å². The van der Waals surface area contributed by atoms with Crippen LogP contribution in [0.1, 0.15) is 18.4 Å². The molecule has 3 amide bonds. The topological polar surface area (TPSA) is 58.6 Å². The molecule has 1 spiro atoms. The lowest BCUT2D eigenvalue weighted by molar-refractivity contribution is -0.132. The van der Waals surface area contributed by atoms with Gasteiger partial charge in [-0.2, -0.15) is 11.8 Å². The molecular weight excluding hydrogens is 324 g/mol. The lowest BCUT2D eigenvalue weighted by Gasteiger charge is -2.30. The molecule has 2 aliphatic rings. The van der Waals surface area contributed by atoms with Crippen LogP contribution in [-0.4, -0.2) is 41.0 Å². The van der Waals surface area contributed by atoms with Crippen LogP contribution in [0.2, 0.25) is 5.02 Å². The van der Waals surface area contributed by atoms with E-state index < -0.39 is 5.54 Å². The van der Waals surface area contributed by atoms with E-state index in [-0.39, 0.29) is 18.5 Å². The number of carbonyl (C=O) groups is 2. The lowest BCUT2D eigenvalue weighted by Crippen LogP contribution is -2.49. The van der Waals surface area contributed by atoms with Crippen molar-refractivity contribution in [2.45, 2.75) is 24.9 Å². The number of thioether (sulfide) groups is 1. The van der Waals surface area contributed by atoms with Gasteiger partial charge in [-0.25, -0.2) is 4.79 Å². The van der Waals surface area contributed by atoms with Gasteiger partial charge < -0.3 is 10.1 Å². The van der Waals surface area contributed by atoms with Gasteiger partial charge >= 0.3 is 6.03 Å². The molecule has 1 N–H and O–H groups in total. The van der Waals surface area contributed by atoms with Crippen molar-refractivity contribution in [2.24, 2.45) is 0 Å². The lowest BCUT2D eigenvalue weighted by atomic mass is 9.92. The predicted molar refractivity (Wildman–Crippen MR) is 86.4 cm³/mol. The molecular formula is C15H17ClN2O3S. The van der Waals surface area contributed by atoms with Crippen LogP contribution in [0.4, 0.5) is 4.79 Å². The van der Waals surface area contributed by atoms with E-state index in [1.54, 1.807) is 19.2 Å². The summed E-state index contributed by atoms with van der Waals surface area (Å²) in [7, 11) is 1.54. The highest BCUT2D eigenvalue weighted by atomic mass is 35.5. The molecule has 0 radical (unpaired) electrons. The number of nitrogens with zero attached hydrogens (tertiary/aromatic N) is 1. The zero-order valence-electron chi connectivity index (χ0n) is 12.2. The molecule has 1 aromatic carbocycles. The highest BCUT2D eigenvalue weighted by Gasteiger charge is 2.51. The quantitative estimate of drug-likeness (QED) is 0.859. The summed E-state index contributed by atoms with van der Waals surface area (Å²) in [5.74, 6) is 2.25. The molecule has 22 heavy (non-hydrogen) atoms. The fourth-order valence-electron chi connectivity index (χ4n) is 2.87. The minimum Gasteiger partial charge on any atom is -0.495 e. The molecule has 2 heterocycles. The van der Waals surface area contributed by atoms with Crippen LogP contribution in [0.15, 0.2) is 18.2 Å². The monoisotopic (exact) mass is 340 g/mol. The van der Waals surface area contributed by atoms with Crippen molar-refractivity contribution in [1.29, 1.82) is 0 Å². The molecule has 0 bridgehead atoms. The average Bonchev–Trinajstić information content (AvgIpc) is 2.73. The molecule has 0 aromatic heterocycles. The van der Waals surface area contributed by atoms with Crippen LogP contribution in [-0.2, 0) is 11.3 Å². The number of amides is 3. The minimum atomic E-state index is -0.696. The van der Waals surface area contributed by atoms with Crippen molar-refractivity contribution in [3.8, 4) is 5.75 Å². The van der Waals surface area contributed by atoms with Gasteiger partial charge in [0.15, 0.2) is 0 Å². The maximum atomic E-state index is 12.7. The number of halogens is 1. The number of ether oxygens (including phenoxy) is 1. The van der Waals surface area contributed by atoms with E-state index in [0.717, 1.165) is 17.1 Å². The summed E-state index contributed by atoms with van der Waals surface area (Å²) in [5, 5.41) is 3.36. The Morgan fingerprint density at radius 1 is 1.36 bits per heavy atom. The molecule has 0 aliphatic carbocycles. The Morgan fingerprint density at radius 2 is 2.09 bits per heavy atom. The smallest absolute Gasteiger partial charge is 0.325 e. The maximum Gasteiger partial charge on any atom is 0.325 e. The van der Waals surface area contributed by atoms with Crippen LogP contribution >= 0.6 is 23.4 Å². The molecule has 2 saturated heterocycles. The number of rotatable bonds is 3. The van der Waals surface area contributed by atoms with Gasteiger partial charge in [-0.1, -0.05) is 17.7 Å². The highest BCUT2D eigenvalue weighted by molar-refractivity contribution is 7.99. The Hall–Kier alpha value is -1.40. The van der Waals surface area contributed by atoms with E-state index in [1.165, 1.54) is 4.90 Å². The fourth-order valence-corrected chi connectivity index (χ4v) is 4.34. The molecule has 118 valence electrons. The molecule has 7 heteroatoms. The van der Waals surface area contributed by atoms with Crippen molar-refractivity contribution in [1.82, 2.24) is 10.2 Å². The number of imide groups is 1. The van der Waals surface area contributed by atoms with Crippen molar-refractivity contribution in [3.63, 3.8) is 0 Å². The summed E-state index contributed by atoms with van der Waals surface area (Å²) in [6.45, 7) is 0.225. The van der Waals surface area contributed by atoms with Gasteiger partial charge in [-0.3, -0.25) is 9.69 Å². The van der Waals surface area contributed by atoms with Gasteiger partial charge in [0.05, 0.1) is 18.7 Å². The number of nitrogens with one attached hydrogen (secondary N) is 1. The second kappa shape index (κ2) is 6.01. The fraction of sp³-hybridized carbons (Fsp3) is 0.467. The Morgan fingerprint density at radius 3 is 2.73 bits per heavy atom. The Labute approximate surface area is 138 Å². The SMILES string of the molecule is COc1ccc(CN2C(=O)NC3(CCSCC3)C2=O)cc1Cl. The zero-order valence-corrected chi connectivity index (χ0v) is 13.8. The molecule has 0 atom stereocenters. The van der Waals surface area contributed by atoms with Gasteiger partial charge in [-0.15, -0.1) is 0 Å². The second-order valence-corrected chi connectivity index (χ2v) is 7.12.